The van der Waals surface area contributed by atoms with Crippen molar-refractivity contribution in [2.75, 3.05) is 6.54 Å². The molecule has 2 aliphatic rings. The molecule has 0 radical (unpaired) electrons. The van der Waals surface area contributed by atoms with Crippen molar-refractivity contribution in [1.82, 2.24) is 4.72 Å². The number of nitrogens with one attached hydrogen (secondary N) is 1. The van der Waals surface area contributed by atoms with Crippen molar-refractivity contribution in [2.45, 2.75) is 43.5 Å². The number of sulfonamides is 1. The average molecular weight is 295 g/mol. The summed E-state index contributed by atoms with van der Waals surface area (Å²) in [7, 11) is -3.30. The Hall–Kier alpha value is -0.910. The predicted octanol–water partition coefficient (Wildman–Crippen LogP) is 1.23. The molecule has 2 atom stereocenters. The first-order chi connectivity index (χ1) is 9.56. The van der Waals surface area contributed by atoms with Crippen LogP contribution in [-0.2, 0) is 22.9 Å². The molecule has 2 N–H and O–H groups in total. The van der Waals surface area contributed by atoms with E-state index in [9.17, 15) is 13.5 Å². The number of aliphatic hydroxyl groups excluding tert-OH is 1. The fourth-order valence-corrected chi connectivity index (χ4v) is 4.81. The summed E-state index contributed by atoms with van der Waals surface area (Å²) in [6, 6.07) is 7.92. The Bertz CT molecular complexity index is 560. The standard InChI is InChI=1S/C15H21NO3S/c17-15-7-3-6-13(15)10-16-20(18,19)14-8-11-4-1-2-5-12(11)9-14/h1-2,4-5,13-17H,3,6-10H2/t13-,15+/m0/s1. The summed E-state index contributed by atoms with van der Waals surface area (Å²) in [6.07, 6.45) is 3.54. The third kappa shape index (κ3) is 2.75. The maximum Gasteiger partial charge on any atom is 0.215 e. The normalized spacial score (nSPS) is 26.9. The van der Waals surface area contributed by atoms with Crippen LogP contribution in [0, 0.1) is 5.92 Å². The molecule has 110 valence electrons. The largest absolute Gasteiger partial charge is 0.393 e. The van der Waals surface area contributed by atoms with Crippen LogP contribution in [0.3, 0.4) is 0 Å². The lowest BCUT2D eigenvalue weighted by atomic mass is 10.1. The molecule has 0 aliphatic heterocycles. The summed E-state index contributed by atoms with van der Waals surface area (Å²) in [5.41, 5.74) is 2.28. The van der Waals surface area contributed by atoms with E-state index in [4.69, 9.17) is 0 Å². The number of fused-ring (bicyclic) bond motifs is 1. The van der Waals surface area contributed by atoms with Crippen molar-refractivity contribution in [3.8, 4) is 0 Å². The number of hydrogen-bond acceptors (Lipinski definition) is 3. The zero-order valence-electron chi connectivity index (χ0n) is 11.5. The van der Waals surface area contributed by atoms with Gasteiger partial charge >= 0.3 is 0 Å². The number of rotatable bonds is 4. The smallest absolute Gasteiger partial charge is 0.215 e. The lowest BCUT2D eigenvalue weighted by Crippen LogP contribution is -2.39. The van der Waals surface area contributed by atoms with Gasteiger partial charge in [-0.2, -0.15) is 0 Å². The van der Waals surface area contributed by atoms with Crippen LogP contribution in [0.1, 0.15) is 30.4 Å². The molecule has 20 heavy (non-hydrogen) atoms. The van der Waals surface area contributed by atoms with Gasteiger partial charge in [0.05, 0.1) is 11.4 Å². The van der Waals surface area contributed by atoms with Gasteiger partial charge in [0, 0.05) is 6.54 Å². The van der Waals surface area contributed by atoms with Crippen LogP contribution in [0.15, 0.2) is 24.3 Å². The van der Waals surface area contributed by atoms with Gasteiger partial charge < -0.3 is 5.11 Å². The molecule has 5 heteroatoms. The Kier molecular flexibility index (Phi) is 3.84. The van der Waals surface area contributed by atoms with Gasteiger partial charge in [-0.1, -0.05) is 30.7 Å². The molecule has 0 unspecified atom stereocenters. The highest BCUT2D eigenvalue weighted by atomic mass is 32.2. The minimum Gasteiger partial charge on any atom is -0.393 e. The lowest BCUT2D eigenvalue weighted by Gasteiger charge is -2.17. The van der Waals surface area contributed by atoms with Crippen LogP contribution >= 0.6 is 0 Å². The van der Waals surface area contributed by atoms with Crippen LogP contribution in [0.4, 0.5) is 0 Å². The monoisotopic (exact) mass is 295 g/mol. The van der Waals surface area contributed by atoms with Crippen LogP contribution in [0.2, 0.25) is 0 Å². The Balaban J connectivity index is 1.62. The summed E-state index contributed by atoms with van der Waals surface area (Å²) in [5.74, 6) is 0.0774. The Labute approximate surface area is 120 Å². The fraction of sp³-hybridized carbons (Fsp3) is 0.600. The van der Waals surface area contributed by atoms with E-state index in [0.29, 0.717) is 19.4 Å². The van der Waals surface area contributed by atoms with Crippen molar-refractivity contribution in [3.63, 3.8) is 0 Å². The fourth-order valence-electron chi connectivity index (χ4n) is 3.33. The average Bonchev–Trinajstić information content (AvgIpc) is 3.02. The van der Waals surface area contributed by atoms with E-state index in [-0.39, 0.29) is 17.3 Å². The summed E-state index contributed by atoms with van der Waals surface area (Å²) in [4.78, 5) is 0. The van der Waals surface area contributed by atoms with E-state index in [0.717, 1.165) is 30.4 Å². The maximum atomic E-state index is 12.4. The van der Waals surface area contributed by atoms with Crippen LogP contribution in [0.5, 0.6) is 0 Å². The third-order valence-electron chi connectivity index (χ3n) is 4.62. The van der Waals surface area contributed by atoms with Gasteiger partial charge in [0.25, 0.3) is 0 Å². The van der Waals surface area contributed by atoms with E-state index in [1.165, 1.54) is 0 Å². The van der Waals surface area contributed by atoms with Crippen LogP contribution in [-0.4, -0.2) is 31.4 Å². The SMILES string of the molecule is O=S(=O)(NC[C@@H]1CCC[C@H]1O)C1Cc2ccccc2C1. The molecule has 1 saturated carbocycles. The molecule has 4 nitrogen and oxygen atoms in total. The summed E-state index contributed by atoms with van der Waals surface area (Å²) in [6.45, 7) is 0.371. The first-order valence-corrected chi connectivity index (χ1v) is 8.84. The zero-order chi connectivity index (χ0) is 14.2. The van der Waals surface area contributed by atoms with Crippen LogP contribution < -0.4 is 4.72 Å². The minimum atomic E-state index is -3.30. The molecule has 2 aliphatic carbocycles. The molecule has 0 amide bonds. The van der Waals surface area contributed by atoms with E-state index < -0.39 is 10.0 Å². The Morgan fingerprint density at radius 2 is 1.80 bits per heavy atom. The molecule has 1 aromatic rings. The molecule has 3 rings (SSSR count). The highest BCUT2D eigenvalue weighted by molar-refractivity contribution is 7.90. The van der Waals surface area contributed by atoms with Crippen molar-refractivity contribution in [3.05, 3.63) is 35.4 Å². The number of benzene rings is 1. The highest BCUT2D eigenvalue weighted by Crippen LogP contribution is 2.27. The number of aliphatic hydroxyl groups is 1. The van der Waals surface area contributed by atoms with E-state index in [1.54, 1.807) is 0 Å². The second-order valence-electron chi connectivity index (χ2n) is 5.95. The quantitative estimate of drug-likeness (QED) is 0.878. The molecule has 0 saturated heterocycles. The zero-order valence-corrected chi connectivity index (χ0v) is 12.3. The van der Waals surface area contributed by atoms with Gasteiger partial charge in [-0.05, 0) is 42.7 Å². The van der Waals surface area contributed by atoms with Crippen molar-refractivity contribution < 1.29 is 13.5 Å². The summed E-state index contributed by atoms with van der Waals surface area (Å²) >= 11 is 0. The Morgan fingerprint density at radius 3 is 2.35 bits per heavy atom. The van der Waals surface area contributed by atoms with Crippen LogP contribution in [0.25, 0.3) is 0 Å². The molecule has 0 bridgehead atoms. The maximum absolute atomic E-state index is 12.4. The third-order valence-corrected chi connectivity index (χ3v) is 6.40. The van der Waals surface area contributed by atoms with Crippen molar-refractivity contribution in [1.29, 1.82) is 0 Å². The second kappa shape index (κ2) is 5.47. The van der Waals surface area contributed by atoms with Gasteiger partial charge in [0.1, 0.15) is 0 Å². The van der Waals surface area contributed by atoms with Gasteiger partial charge in [-0.25, -0.2) is 13.1 Å². The Morgan fingerprint density at radius 1 is 1.15 bits per heavy atom. The van der Waals surface area contributed by atoms with E-state index in [2.05, 4.69) is 4.72 Å². The van der Waals surface area contributed by atoms with Gasteiger partial charge in [-0.3, -0.25) is 0 Å². The first kappa shape index (κ1) is 14.0. The van der Waals surface area contributed by atoms with Gasteiger partial charge in [0.2, 0.25) is 10.0 Å². The van der Waals surface area contributed by atoms with E-state index in [1.807, 2.05) is 24.3 Å². The second-order valence-corrected chi connectivity index (χ2v) is 8.00. The highest BCUT2D eigenvalue weighted by Gasteiger charge is 2.33. The topological polar surface area (TPSA) is 66.4 Å². The molecule has 0 spiro atoms. The van der Waals surface area contributed by atoms with Gasteiger partial charge in [-0.15, -0.1) is 0 Å². The van der Waals surface area contributed by atoms with Crippen molar-refractivity contribution >= 4 is 10.0 Å². The summed E-state index contributed by atoms with van der Waals surface area (Å²) in [5, 5.41) is 9.40. The lowest BCUT2D eigenvalue weighted by molar-refractivity contribution is 0.134. The molecule has 1 fully saturated rings. The predicted molar refractivity (Wildman–Crippen MR) is 77.9 cm³/mol. The van der Waals surface area contributed by atoms with Gasteiger partial charge in [0.15, 0.2) is 0 Å². The minimum absolute atomic E-state index is 0.0774. The molecule has 1 aromatic carbocycles. The first-order valence-electron chi connectivity index (χ1n) is 7.29. The molecule has 0 heterocycles. The van der Waals surface area contributed by atoms with E-state index >= 15 is 0 Å². The molecular formula is C15H21NO3S. The molecular weight excluding hydrogens is 274 g/mol. The molecule has 0 aromatic heterocycles. The summed E-state index contributed by atoms with van der Waals surface area (Å²) < 4.78 is 27.5. The van der Waals surface area contributed by atoms with Crippen molar-refractivity contribution in [2.24, 2.45) is 5.92 Å². The number of hydrogen-bond donors (Lipinski definition) is 2.